The first-order chi connectivity index (χ1) is 9.03. The minimum absolute atomic E-state index is 0.450. The number of hydrogen-bond acceptors (Lipinski definition) is 1. The summed E-state index contributed by atoms with van der Waals surface area (Å²) in [6.07, 6.45) is 7.41. The van der Waals surface area contributed by atoms with Crippen LogP contribution < -0.4 is 4.74 Å². The molecule has 0 aliphatic heterocycles. The summed E-state index contributed by atoms with van der Waals surface area (Å²) in [5, 5.41) is 0. The molecule has 1 aromatic carbocycles. The van der Waals surface area contributed by atoms with Gasteiger partial charge in [-0.1, -0.05) is 37.6 Å². The van der Waals surface area contributed by atoms with Gasteiger partial charge in [0.2, 0.25) is 0 Å². The van der Waals surface area contributed by atoms with E-state index in [1.54, 1.807) is 12.7 Å². The Morgan fingerprint density at radius 2 is 1.89 bits per heavy atom. The molecule has 0 heterocycles. The summed E-state index contributed by atoms with van der Waals surface area (Å²) in [5.74, 6) is 1.67. The Labute approximate surface area is 117 Å². The highest BCUT2D eigenvalue weighted by molar-refractivity contribution is 5.27. The number of methoxy groups -OCH3 is 1. The molecule has 0 spiro atoms. The second-order valence-corrected chi connectivity index (χ2v) is 6.41. The highest BCUT2D eigenvalue weighted by Crippen LogP contribution is 2.43. The van der Waals surface area contributed by atoms with Crippen molar-refractivity contribution in [2.45, 2.75) is 46.5 Å². The van der Waals surface area contributed by atoms with E-state index in [9.17, 15) is 0 Å². The van der Waals surface area contributed by atoms with Gasteiger partial charge in [0.1, 0.15) is 5.75 Å². The smallest absolute Gasteiger partial charge is 0.118 e. The maximum Gasteiger partial charge on any atom is 0.118 e. The first-order valence-electron chi connectivity index (χ1n) is 7.32. The van der Waals surface area contributed by atoms with Gasteiger partial charge in [-0.25, -0.2) is 0 Å². The lowest BCUT2D eigenvalue weighted by Gasteiger charge is -2.38. The maximum absolute atomic E-state index is 5.20. The number of rotatable bonds is 4. The Hall–Kier alpha value is -1.24. The predicted molar refractivity (Wildman–Crippen MR) is 81.6 cm³/mol. The van der Waals surface area contributed by atoms with E-state index in [2.05, 4.69) is 51.1 Å². The van der Waals surface area contributed by atoms with Crippen LogP contribution >= 0.6 is 0 Å². The Morgan fingerprint density at radius 3 is 2.47 bits per heavy atom. The van der Waals surface area contributed by atoms with Crippen LogP contribution in [-0.2, 0) is 6.42 Å². The second kappa shape index (κ2) is 5.81. The van der Waals surface area contributed by atoms with Crippen LogP contribution in [0.15, 0.2) is 35.9 Å². The van der Waals surface area contributed by atoms with Gasteiger partial charge in [-0.15, -0.1) is 0 Å². The third kappa shape index (κ3) is 3.40. The molecule has 1 atom stereocenters. The molecule has 0 saturated heterocycles. The highest BCUT2D eigenvalue weighted by Gasteiger charge is 2.32. The van der Waals surface area contributed by atoms with Crippen molar-refractivity contribution in [3.8, 4) is 5.75 Å². The van der Waals surface area contributed by atoms with Crippen LogP contribution in [0, 0.1) is 11.3 Å². The Morgan fingerprint density at radius 1 is 1.21 bits per heavy atom. The molecule has 0 fully saturated rings. The Kier molecular flexibility index (Phi) is 4.34. The number of benzene rings is 1. The van der Waals surface area contributed by atoms with Crippen LogP contribution in [0.1, 0.15) is 45.6 Å². The summed E-state index contributed by atoms with van der Waals surface area (Å²) in [6, 6.07) is 8.50. The summed E-state index contributed by atoms with van der Waals surface area (Å²) in [4.78, 5) is 0. The molecule has 1 aliphatic rings. The minimum Gasteiger partial charge on any atom is -0.497 e. The summed E-state index contributed by atoms with van der Waals surface area (Å²) in [5.41, 5.74) is 3.45. The molecule has 0 N–H and O–H groups in total. The van der Waals surface area contributed by atoms with Crippen LogP contribution in [0.3, 0.4) is 0 Å². The summed E-state index contributed by atoms with van der Waals surface area (Å²) in [6.45, 7) is 7.14. The van der Waals surface area contributed by atoms with E-state index < -0.39 is 0 Å². The second-order valence-electron chi connectivity index (χ2n) is 6.41. The van der Waals surface area contributed by atoms with Crippen molar-refractivity contribution in [3.05, 3.63) is 41.5 Å². The average molecular weight is 258 g/mol. The molecule has 0 unspecified atom stereocenters. The number of aryl methyl sites for hydroxylation is 1. The molecule has 19 heavy (non-hydrogen) atoms. The van der Waals surface area contributed by atoms with Crippen LogP contribution in [0.25, 0.3) is 0 Å². The number of hydrogen-bond donors (Lipinski definition) is 0. The van der Waals surface area contributed by atoms with E-state index in [0.29, 0.717) is 5.41 Å². The molecular formula is C18H26O. The van der Waals surface area contributed by atoms with Crippen LogP contribution in [-0.4, -0.2) is 7.11 Å². The van der Waals surface area contributed by atoms with Crippen molar-refractivity contribution >= 4 is 0 Å². The fourth-order valence-electron chi connectivity index (χ4n) is 3.33. The first-order valence-corrected chi connectivity index (χ1v) is 7.32. The standard InChI is InChI=1S/C18H26O/c1-14-6-5-13-18(2,3)17(14)12-9-15-7-10-16(19-4)11-8-15/h6-8,10-11,17H,5,9,12-13H2,1-4H3/t17-/m1/s1. The summed E-state index contributed by atoms with van der Waals surface area (Å²) < 4.78 is 5.20. The highest BCUT2D eigenvalue weighted by atomic mass is 16.5. The van der Waals surface area contributed by atoms with E-state index in [4.69, 9.17) is 4.74 Å². The van der Waals surface area contributed by atoms with Crippen molar-refractivity contribution in [2.24, 2.45) is 11.3 Å². The van der Waals surface area contributed by atoms with Gasteiger partial charge in [0.25, 0.3) is 0 Å². The van der Waals surface area contributed by atoms with Crippen LogP contribution in [0.4, 0.5) is 0 Å². The molecule has 1 aliphatic carbocycles. The third-order valence-corrected chi connectivity index (χ3v) is 4.63. The maximum atomic E-state index is 5.20. The average Bonchev–Trinajstić information content (AvgIpc) is 2.38. The molecule has 0 amide bonds. The Balaban J connectivity index is 2.00. The van der Waals surface area contributed by atoms with Gasteiger partial charge in [0.15, 0.2) is 0 Å². The van der Waals surface area contributed by atoms with E-state index in [-0.39, 0.29) is 0 Å². The van der Waals surface area contributed by atoms with Crippen molar-refractivity contribution in [3.63, 3.8) is 0 Å². The molecule has 2 rings (SSSR count). The fraction of sp³-hybridized carbons (Fsp3) is 0.556. The lowest BCUT2D eigenvalue weighted by atomic mass is 9.67. The van der Waals surface area contributed by atoms with Crippen LogP contribution in [0.2, 0.25) is 0 Å². The lowest BCUT2D eigenvalue weighted by molar-refractivity contribution is 0.204. The fourth-order valence-corrected chi connectivity index (χ4v) is 3.33. The summed E-state index contributed by atoms with van der Waals surface area (Å²) >= 11 is 0. The monoisotopic (exact) mass is 258 g/mol. The first kappa shape index (κ1) is 14.2. The molecule has 0 radical (unpaired) electrons. The van der Waals surface area contributed by atoms with Crippen molar-refractivity contribution in [1.29, 1.82) is 0 Å². The van der Waals surface area contributed by atoms with E-state index in [1.807, 2.05) is 0 Å². The van der Waals surface area contributed by atoms with Crippen LogP contribution in [0.5, 0.6) is 5.75 Å². The Bertz CT molecular complexity index is 439. The van der Waals surface area contributed by atoms with E-state index >= 15 is 0 Å². The minimum atomic E-state index is 0.450. The van der Waals surface area contributed by atoms with E-state index in [0.717, 1.165) is 18.1 Å². The number of allylic oxidation sites excluding steroid dienone is 2. The molecular weight excluding hydrogens is 232 g/mol. The molecule has 1 aromatic rings. The lowest BCUT2D eigenvalue weighted by Crippen LogP contribution is -2.28. The molecule has 1 heteroatoms. The quantitative estimate of drug-likeness (QED) is 0.690. The van der Waals surface area contributed by atoms with Gasteiger partial charge in [-0.3, -0.25) is 0 Å². The van der Waals surface area contributed by atoms with Gasteiger partial charge < -0.3 is 4.74 Å². The molecule has 1 nitrogen and oxygen atoms in total. The third-order valence-electron chi connectivity index (χ3n) is 4.63. The van der Waals surface area contributed by atoms with Gasteiger partial charge in [-0.05, 0) is 61.6 Å². The largest absolute Gasteiger partial charge is 0.497 e. The zero-order valence-corrected chi connectivity index (χ0v) is 12.7. The zero-order chi connectivity index (χ0) is 13.9. The van der Waals surface area contributed by atoms with Gasteiger partial charge in [-0.2, -0.15) is 0 Å². The van der Waals surface area contributed by atoms with Gasteiger partial charge in [0.05, 0.1) is 7.11 Å². The molecule has 0 bridgehead atoms. The topological polar surface area (TPSA) is 9.23 Å². The van der Waals surface area contributed by atoms with Crippen molar-refractivity contribution < 1.29 is 4.74 Å². The van der Waals surface area contributed by atoms with Gasteiger partial charge >= 0.3 is 0 Å². The summed E-state index contributed by atoms with van der Waals surface area (Å²) in [7, 11) is 1.72. The number of ether oxygens (including phenoxy) is 1. The molecule has 0 saturated carbocycles. The predicted octanol–water partition coefficient (Wildman–Crippen LogP) is 5.01. The normalized spacial score (nSPS) is 21.9. The SMILES string of the molecule is COc1ccc(CC[C@@H]2C(C)=CCCC2(C)C)cc1. The van der Waals surface area contributed by atoms with Crippen molar-refractivity contribution in [2.75, 3.05) is 7.11 Å². The zero-order valence-electron chi connectivity index (χ0n) is 12.7. The molecule has 104 valence electrons. The van der Waals surface area contributed by atoms with Gasteiger partial charge in [0, 0.05) is 0 Å². The van der Waals surface area contributed by atoms with Crippen molar-refractivity contribution in [1.82, 2.24) is 0 Å². The van der Waals surface area contributed by atoms with E-state index in [1.165, 1.54) is 24.8 Å². The molecule has 0 aromatic heterocycles.